The zero-order chi connectivity index (χ0) is 16.4. The molecule has 0 aliphatic carbocycles. The molecule has 118 valence electrons. The summed E-state index contributed by atoms with van der Waals surface area (Å²) < 4.78 is 50.0. The average molecular weight is 339 g/mol. The number of hydrogen-bond donors (Lipinski definition) is 1. The topological polar surface area (TPSA) is 80.3 Å². The van der Waals surface area contributed by atoms with E-state index in [1.165, 1.54) is 36.4 Å². The lowest BCUT2D eigenvalue weighted by molar-refractivity contribution is 0.599. The number of sulfonamides is 1. The standard InChI is InChI=1S/C15H17NO4S2/c1-3-12-7-9-14(10-8-12)22(19,20)16-13-5-4-6-15(11-13)21(2,17)18/h4-11,16H,3H2,1-2H3. The van der Waals surface area contributed by atoms with Gasteiger partial charge in [-0.2, -0.15) is 0 Å². The Morgan fingerprint density at radius 1 is 0.909 bits per heavy atom. The van der Waals surface area contributed by atoms with Crippen LogP contribution in [0.25, 0.3) is 0 Å². The summed E-state index contributed by atoms with van der Waals surface area (Å²) in [4.78, 5) is 0.198. The molecule has 0 spiro atoms. The predicted octanol–water partition coefficient (Wildman–Crippen LogP) is 2.45. The molecule has 0 unspecified atom stereocenters. The number of anilines is 1. The molecule has 0 aliphatic rings. The van der Waals surface area contributed by atoms with Crippen LogP contribution < -0.4 is 4.72 Å². The minimum atomic E-state index is -3.75. The van der Waals surface area contributed by atoms with Gasteiger partial charge in [0.25, 0.3) is 10.0 Å². The highest BCUT2D eigenvalue weighted by Crippen LogP contribution is 2.20. The van der Waals surface area contributed by atoms with E-state index in [1.807, 2.05) is 6.92 Å². The van der Waals surface area contributed by atoms with Gasteiger partial charge in [-0.15, -0.1) is 0 Å². The van der Waals surface area contributed by atoms with Crippen LogP contribution in [0.4, 0.5) is 5.69 Å². The molecule has 22 heavy (non-hydrogen) atoms. The summed E-state index contributed by atoms with van der Waals surface area (Å²) >= 11 is 0. The maximum Gasteiger partial charge on any atom is 0.261 e. The number of nitrogens with one attached hydrogen (secondary N) is 1. The van der Waals surface area contributed by atoms with Crippen LogP contribution in [0.3, 0.4) is 0 Å². The van der Waals surface area contributed by atoms with Gasteiger partial charge in [0.2, 0.25) is 0 Å². The molecule has 0 aromatic heterocycles. The SMILES string of the molecule is CCc1ccc(S(=O)(=O)Nc2cccc(S(C)(=O)=O)c2)cc1. The van der Waals surface area contributed by atoms with E-state index < -0.39 is 19.9 Å². The van der Waals surface area contributed by atoms with Crippen LogP contribution in [0.5, 0.6) is 0 Å². The number of aryl methyl sites for hydroxylation is 1. The molecule has 2 rings (SSSR count). The van der Waals surface area contributed by atoms with E-state index in [1.54, 1.807) is 12.1 Å². The third-order valence-corrected chi connectivity index (χ3v) is 5.66. The van der Waals surface area contributed by atoms with Gasteiger partial charge >= 0.3 is 0 Å². The van der Waals surface area contributed by atoms with Crippen molar-refractivity contribution >= 4 is 25.5 Å². The van der Waals surface area contributed by atoms with Gasteiger partial charge in [0.05, 0.1) is 15.5 Å². The van der Waals surface area contributed by atoms with Crippen molar-refractivity contribution in [1.29, 1.82) is 0 Å². The lowest BCUT2D eigenvalue weighted by Crippen LogP contribution is -2.13. The van der Waals surface area contributed by atoms with Gasteiger partial charge in [-0.1, -0.05) is 25.1 Å². The minimum Gasteiger partial charge on any atom is -0.280 e. The van der Waals surface area contributed by atoms with Crippen LogP contribution in [-0.2, 0) is 26.3 Å². The highest BCUT2D eigenvalue weighted by Gasteiger charge is 2.15. The van der Waals surface area contributed by atoms with Crippen LogP contribution in [0.2, 0.25) is 0 Å². The molecule has 0 atom stereocenters. The van der Waals surface area contributed by atoms with Crippen LogP contribution in [-0.4, -0.2) is 23.1 Å². The zero-order valence-electron chi connectivity index (χ0n) is 12.3. The lowest BCUT2D eigenvalue weighted by Gasteiger charge is -2.09. The van der Waals surface area contributed by atoms with Crippen molar-refractivity contribution in [3.05, 3.63) is 54.1 Å². The molecular weight excluding hydrogens is 322 g/mol. The summed E-state index contributed by atoms with van der Waals surface area (Å²) in [6.45, 7) is 1.98. The number of hydrogen-bond acceptors (Lipinski definition) is 4. The molecule has 5 nitrogen and oxygen atoms in total. The first-order valence-corrected chi connectivity index (χ1v) is 10.0. The first-order valence-electron chi connectivity index (χ1n) is 6.64. The number of benzene rings is 2. The van der Waals surface area contributed by atoms with E-state index in [4.69, 9.17) is 0 Å². The van der Waals surface area contributed by atoms with Gasteiger partial charge < -0.3 is 0 Å². The number of sulfone groups is 1. The zero-order valence-corrected chi connectivity index (χ0v) is 13.9. The third kappa shape index (κ3) is 3.86. The Bertz CT molecular complexity index is 870. The summed E-state index contributed by atoms with van der Waals surface area (Å²) in [6, 6.07) is 12.3. The van der Waals surface area contributed by atoms with Crippen LogP contribution >= 0.6 is 0 Å². The second-order valence-corrected chi connectivity index (χ2v) is 8.60. The molecule has 0 aliphatic heterocycles. The molecule has 2 aromatic carbocycles. The third-order valence-electron chi connectivity index (χ3n) is 3.16. The highest BCUT2D eigenvalue weighted by molar-refractivity contribution is 7.92. The highest BCUT2D eigenvalue weighted by atomic mass is 32.2. The van der Waals surface area contributed by atoms with E-state index in [0.717, 1.165) is 18.2 Å². The lowest BCUT2D eigenvalue weighted by atomic mass is 10.2. The second-order valence-electron chi connectivity index (χ2n) is 4.90. The van der Waals surface area contributed by atoms with Gasteiger partial charge in [0, 0.05) is 6.26 Å². The fourth-order valence-corrected chi connectivity index (χ4v) is 3.62. The van der Waals surface area contributed by atoms with E-state index in [2.05, 4.69) is 4.72 Å². The van der Waals surface area contributed by atoms with E-state index in [-0.39, 0.29) is 15.5 Å². The molecule has 0 saturated carbocycles. The molecule has 0 saturated heterocycles. The minimum absolute atomic E-state index is 0.0639. The Labute approximate surface area is 131 Å². The second kappa shape index (κ2) is 6.10. The first kappa shape index (κ1) is 16.5. The Morgan fingerprint density at radius 3 is 2.09 bits per heavy atom. The first-order chi connectivity index (χ1) is 10.2. The molecule has 0 bridgehead atoms. The molecular formula is C15H17NO4S2. The molecule has 0 heterocycles. The molecule has 1 N–H and O–H groups in total. The smallest absolute Gasteiger partial charge is 0.261 e. The van der Waals surface area contributed by atoms with Crippen molar-refractivity contribution < 1.29 is 16.8 Å². The van der Waals surface area contributed by atoms with Gasteiger partial charge in [-0.3, -0.25) is 4.72 Å². The van der Waals surface area contributed by atoms with Crippen molar-refractivity contribution in [2.45, 2.75) is 23.1 Å². The Kier molecular flexibility index (Phi) is 4.58. The van der Waals surface area contributed by atoms with E-state index >= 15 is 0 Å². The molecule has 0 fully saturated rings. The maximum atomic E-state index is 12.3. The maximum absolute atomic E-state index is 12.3. The molecule has 7 heteroatoms. The van der Waals surface area contributed by atoms with Crippen molar-refractivity contribution in [1.82, 2.24) is 0 Å². The quantitative estimate of drug-likeness (QED) is 0.907. The van der Waals surface area contributed by atoms with Crippen molar-refractivity contribution in [2.24, 2.45) is 0 Å². The summed E-state index contributed by atoms with van der Waals surface area (Å²) in [7, 11) is -7.13. The molecule has 2 aromatic rings. The summed E-state index contributed by atoms with van der Waals surface area (Å²) in [5.41, 5.74) is 1.25. The van der Waals surface area contributed by atoms with Gasteiger partial charge in [0.1, 0.15) is 0 Å². The van der Waals surface area contributed by atoms with Crippen LogP contribution in [0.15, 0.2) is 58.3 Å². The van der Waals surface area contributed by atoms with Gasteiger partial charge in [0.15, 0.2) is 9.84 Å². The van der Waals surface area contributed by atoms with E-state index in [9.17, 15) is 16.8 Å². The Balaban J connectivity index is 2.32. The Morgan fingerprint density at radius 2 is 1.55 bits per heavy atom. The fourth-order valence-electron chi connectivity index (χ4n) is 1.91. The average Bonchev–Trinajstić information content (AvgIpc) is 2.46. The Hall–Kier alpha value is -1.86. The monoisotopic (exact) mass is 339 g/mol. The molecule has 0 radical (unpaired) electrons. The van der Waals surface area contributed by atoms with Crippen molar-refractivity contribution in [3.8, 4) is 0 Å². The van der Waals surface area contributed by atoms with Crippen LogP contribution in [0, 0.1) is 0 Å². The summed E-state index contributed by atoms with van der Waals surface area (Å²) in [5.74, 6) is 0. The van der Waals surface area contributed by atoms with Crippen molar-refractivity contribution in [3.63, 3.8) is 0 Å². The van der Waals surface area contributed by atoms with E-state index in [0.29, 0.717) is 0 Å². The van der Waals surface area contributed by atoms with Crippen molar-refractivity contribution in [2.75, 3.05) is 11.0 Å². The largest absolute Gasteiger partial charge is 0.280 e. The summed E-state index contributed by atoms with van der Waals surface area (Å²) in [5, 5.41) is 0. The normalized spacial score (nSPS) is 12.1. The summed E-state index contributed by atoms with van der Waals surface area (Å²) in [6.07, 6.45) is 1.90. The molecule has 0 amide bonds. The van der Waals surface area contributed by atoms with Crippen LogP contribution in [0.1, 0.15) is 12.5 Å². The van der Waals surface area contributed by atoms with Gasteiger partial charge in [-0.25, -0.2) is 16.8 Å². The predicted molar refractivity (Wildman–Crippen MR) is 86.2 cm³/mol. The number of rotatable bonds is 5. The van der Waals surface area contributed by atoms with Gasteiger partial charge in [-0.05, 0) is 42.3 Å². The fraction of sp³-hybridized carbons (Fsp3) is 0.200.